The van der Waals surface area contributed by atoms with E-state index in [1.165, 1.54) is 16.8 Å². The molecule has 0 aliphatic carbocycles. The van der Waals surface area contributed by atoms with Crippen LogP contribution >= 0.6 is 22.6 Å². The van der Waals surface area contributed by atoms with E-state index in [1.807, 2.05) is 13.8 Å². The zero-order valence-electron chi connectivity index (χ0n) is 9.92. The van der Waals surface area contributed by atoms with Crippen LogP contribution < -0.4 is 5.73 Å². The van der Waals surface area contributed by atoms with Crippen LogP contribution in [0.3, 0.4) is 0 Å². The number of aromatic nitrogens is 2. The SMILES string of the molecule is CC(C)c1nn(-c2ccc(F)cc2F)c(N)c1I. The van der Waals surface area contributed by atoms with Crippen molar-refractivity contribution < 1.29 is 8.78 Å². The summed E-state index contributed by atoms with van der Waals surface area (Å²) in [6, 6.07) is 3.33. The van der Waals surface area contributed by atoms with E-state index in [1.54, 1.807) is 0 Å². The summed E-state index contributed by atoms with van der Waals surface area (Å²) in [5.74, 6) is -0.759. The van der Waals surface area contributed by atoms with Crippen LogP contribution in [0.25, 0.3) is 5.69 Å². The molecule has 0 atom stereocenters. The molecule has 0 spiro atoms. The van der Waals surface area contributed by atoms with Crippen molar-refractivity contribution in [2.75, 3.05) is 5.73 Å². The fourth-order valence-corrected chi connectivity index (χ4v) is 2.59. The van der Waals surface area contributed by atoms with Gasteiger partial charge in [0.2, 0.25) is 0 Å². The molecule has 2 rings (SSSR count). The molecule has 0 saturated heterocycles. The molecule has 1 heterocycles. The average Bonchev–Trinajstić information content (AvgIpc) is 2.57. The maximum atomic E-state index is 13.7. The standard InChI is InChI=1S/C12H12F2IN3/c1-6(2)11-10(15)12(16)18(17-11)9-4-3-7(13)5-8(9)14/h3-6H,16H2,1-2H3. The van der Waals surface area contributed by atoms with Gasteiger partial charge in [-0.25, -0.2) is 13.5 Å². The smallest absolute Gasteiger partial charge is 0.151 e. The summed E-state index contributed by atoms with van der Waals surface area (Å²) >= 11 is 2.08. The second-order valence-corrected chi connectivity index (χ2v) is 5.33. The number of anilines is 1. The van der Waals surface area contributed by atoms with Gasteiger partial charge in [0, 0.05) is 6.07 Å². The lowest BCUT2D eigenvalue weighted by Gasteiger charge is -2.05. The van der Waals surface area contributed by atoms with Gasteiger partial charge in [0.05, 0.1) is 9.26 Å². The maximum absolute atomic E-state index is 13.7. The van der Waals surface area contributed by atoms with Gasteiger partial charge < -0.3 is 5.73 Å². The molecule has 0 amide bonds. The predicted octanol–water partition coefficient (Wildman–Crippen LogP) is 3.46. The summed E-state index contributed by atoms with van der Waals surface area (Å²) in [6.45, 7) is 3.96. The monoisotopic (exact) mass is 363 g/mol. The van der Waals surface area contributed by atoms with Crippen molar-refractivity contribution in [3.8, 4) is 5.69 Å². The van der Waals surface area contributed by atoms with E-state index in [0.29, 0.717) is 5.82 Å². The highest BCUT2D eigenvalue weighted by molar-refractivity contribution is 14.1. The summed E-state index contributed by atoms with van der Waals surface area (Å²) in [5, 5.41) is 4.29. The lowest BCUT2D eigenvalue weighted by molar-refractivity contribution is 0.573. The molecule has 1 aromatic carbocycles. The Morgan fingerprint density at radius 1 is 1.33 bits per heavy atom. The molecular weight excluding hydrogens is 351 g/mol. The Hall–Kier alpha value is -1.18. The van der Waals surface area contributed by atoms with Crippen molar-refractivity contribution in [3.05, 3.63) is 39.1 Å². The minimum absolute atomic E-state index is 0.152. The van der Waals surface area contributed by atoms with Crippen LogP contribution in [-0.2, 0) is 0 Å². The highest BCUT2D eigenvalue weighted by Crippen LogP contribution is 2.28. The highest BCUT2D eigenvalue weighted by atomic mass is 127. The minimum atomic E-state index is -0.684. The highest BCUT2D eigenvalue weighted by Gasteiger charge is 2.18. The molecule has 2 aromatic rings. The Labute approximate surface area is 117 Å². The van der Waals surface area contributed by atoms with Crippen molar-refractivity contribution in [1.82, 2.24) is 9.78 Å². The van der Waals surface area contributed by atoms with E-state index in [0.717, 1.165) is 15.3 Å². The molecule has 3 nitrogen and oxygen atoms in total. The van der Waals surface area contributed by atoms with E-state index >= 15 is 0 Å². The Bertz CT molecular complexity index is 593. The van der Waals surface area contributed by atoms with Gasteiger partial charge in [-0.05, 0) is 40.6 Å². The summed E-state index contributed by atoms with van der Waals surface area (Å²) in [5.41, 5.74) is 6.87. The molecular formula is C12H12F2IN3. The Kier molecular flexibility index (Phi) is 3.56. The zero-order valence-corrected chi connectivity index (χ0v) is 12.1. The molecule has 0 fully saturated rings. The third-order valence-electron chi connectivity index (χ3n) is 2.57. The maximum Gasteiger partial charge on any atom is 0.151 e. The van der Waals surface area contributed by atoms with Gasteiger partial charge in [0.15, 0.2) is 5.82 Å². The van der Waals surface area contributed by atoms with Crippen molar-refractivity contribution in [2.24, 2.45) is 0 Å². The first-order valence-corrected chi connectivity index (χ1v) is 6.49. The number of hydrogen-bond acceptors (Lipinski definition) is 2. The first-order valence-electron chi connectivity index (χ1n) is 5.41. The van der Waals surface area contributed by atoms with Gasteiger partial charge >= 0.3 is 0 Å². The van der Waals surface area contributed by atoms with Crippen LogP contribution in [-0.4, -0.2) is 9.78 Å². The van der Waals surface area contributed by atoms with Crippen LogP contribution in [0.2, 0.25) is 0 Å². The van der Waals surface area contributed by atoms with E-state index in [-0.39, 0.29) is 11.6 Å². The number of rotatable bonds is 2. The van der Waals surface area contributed by atoms with Crippen molar-refractivity contribution >= 4 is 28.4 Å². The Morgan fingerprint density at radius 3 is 2.50 bits per heavy atom. The van der Waals surface area contributed by atoms with Crippen LogP contribution in [0.5, 0.6) is 0 Å². The van der Waals surface area contributed by atoms with Gasteiger partial charge in [-0.1, -0.05) is 13.8 Å². The van der Waals surface area contributed by atoms with Crippen LogP contribution in [0.4, 0.5) is 14.6 Å². The molecule has 1 aromatic heterocycles. The van der Waals surface area contributed by atoms with Gasteiger partial charge in [-0.15, -0.1) is 0 Å². The lowest BCUT2D eigenvalue weighted by atomic mass is 10.1. The molecule has 0 bridgehead atoms. The Balaban J connectivity index is 2.61. The molecule has 96 valence electrons. The molecule has 0 unspecified atom stereocenters. The normalized spacial score (nSPS) is 11.2. The number of nitrogens with zero attached hydrogens (tertiary/aromatic N) is 2. The van der Waals surface area contributed by atoms with Crippen molar-refractivity contribution in [3.63, 3.8) is 0 Å². The second kappa shape index (κ2) is 4.83. The number of hydrogen-bond donors (Lipinski definition) is 1. The number of halogens is 3. The first-order chi connectivity index (χ1) is 8.41. The summed E-state index contributed by atoms with van der Waals surface area (Å²) in [4.78, 5) is 0. The number of nitrogens with two attached hydrogens (primary N) is 1. The number of nitrogen functional groups attached to an aromatic ring is 1. The fraction of sp³-hybridized carbons (Fsp3) is 0.250. The van der Waals surface area contributed by atoms with E-state index < -0.39 is 11.6 Å². The summed E-state index contributed by atoms with van der Waals surface area (Å²) < 4.78 is 28.7. The quantitative estimate of drug-likeness (QED) is 0.831. The third kappa shape index (κ3) is 2.21. The molecule has 0 aliphatic heterocycles. The Morgan fingerprint density at radius 2 is 2.00 bits per heavy atom. The average molecular weight is 363 g/mol. The van der Waals surface area contributed by atoms with Crippen molar-refractivity contribution in [1.29, 1.82) is 0 Å². The molecule has 0 radical (unpaired) electrons. The van der Waals surface area contributed by atoms with E-state index in [4.69, 9.17) is 5.73 Å². The summed E-state index contributed by atoms with van der Waals surface area (Å²) in [7, 11) is 0. The van der Waals surface area contributed by atoms with Crippen LogP contribution in [0.15, 0.2) is 18.2 Å². The largest absolute Gasteiger partial charge is 0.383 e. The molecule has 0 saturated carbocycles. The third-order valence-corrected chi connectivity index (χ3v) is 3.68. The second-order valence-electron chi connectivity index (χ2n) is 4.25. The first kappa shape index (κ1) is 13.3. The topological polar surface area (TPSA) is 43.8 Å². The van der Waals surface area contributed by atoms with Gasteiger partial charge in [0.25, 0.3) is 0 Å². The van der Waals surface area contributed by atoms with Crippen LogP contribution in [0, 0.1) is 15.2 Å². The molecule has 18 heavy (non-hydrogen) atoms. The van der Waals surface area contributed by atoms with Gasteiger partial charge in [-0.3, -0.25) is 0 Å². The predicted molar refractivity (Wildman–Crippen MR) is 74.7 cm³/mol. The van der Waals surface area contributed by atoms with Gasteiger partial charge in [0.1, 0.15) is 17.3 Å². The molecule has 2 N–H and O–H groups in total. The molecule has 0 aliphatic rings. The lowest BCUT2D eigenvalue weighted by Crippen LogP contribution is -2.05. The van der Waals surface area contributed by atoms with Crippen LogP contribution in [0.1, 0.15) is 25.5 Å². The van der Waals surface area contributed by atoms with Gasteiger partial charge in [-0.2, -0.15) is 5.10 Å². The van der Waals surface area contributed by atoms with Crippen molar-refractivity contribution in [2.45, 2.75) is 19.8 Å². The zero-order chi connectivity index (χ0) is 13.4. The minimum Gasteiger partial charge on any atom is -0.383 e. The fourth-order valence-electron chi connectivity index (χ4n) is 1.64. The van der Waals surface area contributed by atoms with E-state index in [2.05, 4.69) is 27.7 Å². The molecule has 6 heteroatoms. The number of benzene rings is 1. The van der Waals surface area contributed by atoms with E-state index in [9.17, 15) is 8.78 Å². The summed E-state index contributed by atoms with van der Waals surface area (Å²) in [6.07, 6.45) is 0.